The number of aromatic nitrogens is 2. The van der Waals surface area contributed by atoms with Crippen LogP contribution in [0.5, 0.6) is 0 Å². The van der Waals surface area contributed by atoms with E-state index in [1.165, 1.54) is 10.8 Å². The Morgan fingerprint density at radius 1 is 1.48 bits per heavy atom. The Labute approximate surface area is 168 Å². The van der Waals surface area contributed by atoms with Gasteiger partial charge >= 0.3 is 5.69 Å². The topological polar surface area (TPSA) is 103 Å². The van der Waals surface area contributed by atoms with Crippen LogP contribution in [0.15, 0.2) is 41.3 Å². The van der Waals surface area contributed by atoms with E-state index < -0.39 is 42.6 Å². The highest BCUT2D eigenvalue weighted by Crippen LogP contribution is 2.27. The van der Waals surface area contributed by atoms with Crippen LogP contribution in [-0.2, 0) is 9.47 Å². The Hall–Kier alpha value is -2.62. The minimum Gasteiger partial charge on any atom is -0.388 e. The van der Waals surface area contributed by atoms with E-state index in [1.54, 1.807) is 37.3 Å². The molecule has 1 aromatic heterocycles. The number of nitrogens with zero attached hydrogens (tertiary/aromatic N) is 2. The van der Waals surface area contributed by atoms with Crippen LogP contribution in [0.3, 0.4) is 0 Å². The predicted octanol–water partition coefficient (Wildman–Crippen LogP) is 1.48. The summed E-state index contributed by atoms with van der Waals surface area (Å²) in [4.78, 5) is 29.0. The molecule has 29 heavy (non-hydrogen) atoms. The van der Waals surface area contributed by atoms with Crippen LogP contribution in [0.2, 0.25) is 0 Å². The van der Waals surface area contributed by atoms with Gasteiger partial charge in [-0.15, -0.1) is 0 Å². The maximum atomic E-state index is 12.7. The molecule has 1 aliphatic heterocycles. The summed E-state index contributed by atoms with van der Waals surface area (Å²) in [7, 11) is 0. The number of anilines is 1. The number of benzene rings is 1. The predicted molar refractivity (Wildman–Crippen MR) is 104 cm³/mol. The van der Waals surface area contributed by atoms with E-state index in [-0.39, 0.29) is 25.9 Å². The number of aryl methyl sites for hydroxylation is 1. The van der Waals surface area contributed by atoms with E-state index in [4.69, 9.17) is 10.8 Å². The first-order chi connectivity index (χ1) is 14.5. The Bertz CT molecular complexity index is 926. The van der Waals surface area contributed by atoms with E-state index >= 15 is 0 Å². The largest absolute Gasteiger partial charge is 0.388 e. The summed E-state index contributed by atoms with van der Waals surface area (Å²) in [6, 6.07) is 7.76. The quantitative estimate of drug-likeness (QED) is 0.753. The zero-order valence-corrected chi connectivity index (χ0v) is 16.0. The fraction of sp³-hybridized carbons (Fsp3) is 0.450. The molecular weight excluding hydrogens is 381 g/mol. The molecule has 1 amide bonds. The van der Waals surface area contributed by atoms with Crippen molar-refractivity contribution < 1.29 is 25.1 Å². The monoisotopic (exact) mass is 406 g/mol. The maximum absolute atomic E-state index is 12.7. The number of halogens is 1. The second-order valence-electron chi connectivity index (χ2n) is 6.74. The highest BCUT2D eigenvalue weighted by molar-refractivity contribution is 6.03. The van der Waals surface area contributed by atoms with E-state index in [0.29, 0.717) is 11.1 Å². The summed E-state index contributed by atoms with van der Waals surface area (Å²) in [6.45, 7) is 0.469. The molecule has 0 aliphatic carbocycles. The SMILES string of the molecule is [2H]C[C@H]1OC[C@@H](n2cc(C)c(NC(=O)c3ccccc3)nc2=O)[C@H](OCCF)[C@@H]1O. The minimum atomic E-state index is -1.20. The van der Waals surface area contributed by atoms with Crippen LogP contribution in [0.4, 0.5) is 10.2 Å². The molecule has 4 atom stereocenters. The fourth-order valence-electron chi connectivity index (χ4n) is 3.18. The molecule has 1 saturated heterocycles. The Morgan fingerprint density at radius 2 is 2.24 bits per heavy atom. The maximum Gasteiger partial charge on any atom is 0.349 e. The molecule has 2 heterocycles. The van der Waals surface area contributed by atoms with E-state index in [2.05, 4.69) is 10.3 Å². The average Bonchev–Trinajstić information content (AvgIpc) is 2.75. The van der Waals surface area contributed by atoms with Gasteiger partial charge in [0.15, 0.2) is 0 Å². The zero-order chi connectivity index (χ0) is 21.7. The number of amides is 1. The molecule has 9 heteroatoms. The summed E-state index contributed by atoms with van der Waals surface area (Å²) in [5.41, 5.74) is 0.260. The van der Waals surface area contributed by atoms with Crippen LogP contribution in [0.25, 0.3) is 0 Å². The van der Waals surface area contributed by atoms with Gasteiger partial charge in [0.2, 0.25) is 0 Å². The van der Waals surface area contributed by atoms with Gasteiger partial charge in [-0.3, -0.25) is 9.36 Å². The molecule has 1 fully saturated rings. The summed E-state index contributed by atoms with van der Waals surface area (Å²) < 4.78 is 32.3. The number of hydrogen-bond donors (Lipinski definition) is 2. The van der Waals surface area contributed by atoms with Gasteiger partial charge < -0.3 is 19.9 Å². The van der Waals surface area contributed by atoms with Gasteiger partial charge in [-0.2, -0.15) is 4.98 Å². The van der Waals surface area contributed by atoms with Gasteiger partial charge in [0.1, 0.15) is 24.7 Å². The van der Waals surface area contributed by atoms with Crippen LogP contribution in [0, 0.1) is 6.92 Å². The van der Waals surface area contributed by atoms with Gasteiger partial charge in [0.05, 0.1) is 25.4 Å². The lowest BCUT2D eigenvalue weighted by Crippen LogP contribution is -2.53. The number of ether oxygens (including phenoxy) is 2. The first-order valence-corrected chi connectivity index (χ1v) is 9.19. The number of alkyl halides is 1. The molecule has 2 aromatic rings. The van der Waals surface area contributed by atoms with Crippen LogP contribution < -0.4 is 11.0 Å². The second-order valence-corrected chi connectivity index (χ2v) is 6.74. The van der Waals surface area contributed by atoms with Gasteiger partial charge in [0.25, 0.3) is 5.91 Å². The molecule has 1 aromatic carbocycles. The highest BCUT2D eigenvalue weighted by Gasteiger charge is 2.40. The van der Waals surface area contributed by atoms with E-state index in [9.17, 15) is 19.1 Å². The number of nitrogens with one attached hydrogen (secondary N) is 1. The molecule has 8 nitrogen and oxygen atoms in total. The molecule has 0 unspecified atom stereocenters. The van der Waals surface area contributed by atoms with Gasteiger partial charge in [-0.25, -0.2) is 9.18 Å². The van der Waals surface area contributed by atoms with Gasteiger partial charge in [-0.05, 0) is 26.0 Å². The molecule has 2 N–H and O–H groups in total. The lowest BCUT2D eigenvalue weighted by atomic mass is 9.98. The lowest BCUT2D eigenvalue weighted by Gasteiger charge is -2.39. The molecule has 0 bridgehead atoms. The Kier molecular flexibility index (Phi) is 6.28. The molecule has 1 aliphatic rings. The third-order valence-corrected chi connectivity index (χ3v) is 4.73. The van der Waals surface area contributed by atoms with Gasteiger partial charge in [0, 0.05) is 18.7 Å². The van der Waals surface area contributed by atoms with Crippen molar-refractivity contribution in [2.24, 2.45) is 0 Å². The molecule has 0 saturated carbocycles. The van der Waals surface area contributed by atoms with E-state index in [0.717, 1.165) is 0 Å². The zero-order valence-electron chi connectivity index (χ0n) is 17.0. The summed E-state index contributed by atoms with van der Waals surface area (Å²) in [5.74, 6) is -0.283. The third-order valence-electron chi connectivity index (χ3n) is 4.73. The summed E-state index contributed by atoms with van der Waals surface area (Å²) >= 11 is 0. The number of carbonyl (C=O) groups is 1. The number of aliphatic hydroxyl groups excluding tert-OH is 1. The molecule has 3 rings (SSSR count). The number of carbonyl (C=O) groups excluding carboxylic acids is 1. The second kappa shape index (κ2) is 9.25. The Balaban J connectivity index is 1.86. The fourth-order valence-corrected chi connectivity index (χ4v) is 3.18. The molecular formula is C20H24FN3O5. The standard InChI is InChI=1S/C20H24FN3O5/c1-12-10-24(15-11-29-13(2)16(25)17(15)28-9-8-21)20(27)23-18(12)22-19(26)14-6-4-3-5-7-14/h3-7,10,13,15-17,25H,8-9,11H2,1-2H3,(H,22,23,26,27)/t13-,15-,16-,17+/m1/s1/i2D. The van der Waals surface area contributed by atoms with Crippen molar-refractivity contribution in [3.8, 4) is 0 Å². The van der Waals surface area contributed by atoms with Crippen molar-refractivity contribution in [2.75, 3.05) is 25.2 Å². The smallest absolute Gasteiger partial charge is 0.349 e. The van der Waals surface area contributed by atoms with Crippen LogP contribution in [0.1, 0.15) is 30.2 Å². The van der Waals surface area contributed by atoms with Crippen molar-refractivity contribution in [2.45, 2.75) is 38.2 Å². The molecule has 0 radical (unpaired) electrons. The number of rotatable bonds is 6. The third kappa shape index (κ3) is 4.69. The van der Waals surface area contributed by atoms with Crippen LogP contribution in [-0.4, -0.2) is 58.8 Å². The highest BCUT2D eigenvalue weighted by atomic mass is 19.1. The van der Waals surface area contributed by atoms with Gasteiger partial charge in [-0.1, -0.05) is 18.2 Å². The first kappa shape index (κ1) is 19.7. The first-order valence-electron chi connectivity index (χ1n) is 9.89. The van der Waals surface area contributed by atoms with Crippen molar-refractivity contribution >= 4 is 11.7 Å². The Morgan fingerprint density at radius 3 is 2.93 bits per heavy atom. The van der Waals surface area contributed by atoms with Crippen molar-refractivity contribution in [1.82, 2.24) is 9.55 Å². The van der Waals surface area contributed by atoms with Crippen LogP contribution >= 0.6 is 0 Å². The van der Waals surface area contributed by atoms with E-state index in [1.807, 2.05) is 0 Å². The minimum absolute atomic E-state index is 0.00565. The van der Waals surface area contributed by atoms with Crippen molar-refractivity contribution in [3.63, 3.8) is 0 Å². The number of aliphatic hydroxyl groups is 1. The molecule has 0 spiro atoms. The summed E-state index contributed by atoms with van der Waals surface area (Å²) in [6.07, 6.45) is -1.44. The van der Waals surface area contributed by atoms with Crippen molar-refractivity contribution in [1.29, 1.82) is 0 Å². The lowest BCUT2D eigenvalue weighted by molar-refractivity contribution is -0.173. The van der Waals surface area contributed by atoms with Crippen molar-refractivity contribution in [3.05, 3.63) is 58.1 Å². The number of hydrogen-bond acceptors (Lipinski definition) is 6. The molecule has 156 valence electrons. The summed E-state index contributed by atoms with van der Waals surface area (Å²) in [5, 5.41) is 13.1. The average molecular weight is 406 g/mol. The normalized spacial score (nSPS) is 24.7.